The molecule has 0 atom stereocenters. The van der Waals surface area contributed by atoms with Gasteiger partial charge in [-0.1, -0.05) is 41.4 Å². The highest BCUT2D eigenvalue weighted by Crippen LogP contribution is 2.27. The Morgan fingerprint density at radius 2 is 1.59 bits per heavy atom. The van der Waals surface area contributed by atoms with Gasteiger partial charge in [0.2, 0.25) is 5.91 Å². The summed E-state index contributed by atoms with van der Waals surface area (Å²) in [7, 11) is 0. The van der Waals surface area contributed by atoms with Crippen LogP contribution in [0.25, 0.3) is 17.4 Å². The zero-order valence-corrected chi connectivity index (χ0v) is 19.7. The topological polar surface area (TPSA) is 71.3 Å². The van der Waals surface area contributed by atoms with Crippen LogP contribution in [0.4, 0.5) is 11.4 Å². The van der Waals surface area contributed by atoms with Crippen molar-refractivity contribution in [2.24, 2.45) is 0 Å². The third-order valence-corrected chi connectivity index (χ3v) is 5.62. The molecule has 7 heteroatoms. The molecule has 0 spiro atoms. The zero-order valence-electron chi connectivity index (χ0n) is 18.1. The van der Waals surface area contributed by atoms with Crippen LogP contribution < -0.4 is 10.6 Å². The van der Waals surface area contributed by atoms with Gasteiger partial charge in [0.1, 0.15) is 11.5 Å². The second-order valence-electron chi connectivity index (χ2n) is 7.53. The fourth-order valence-electron chi connectivity index (χ4n) is 3.16. The van der Waals surface area contributed by atoms with Gasteiger partial charge in [-0.25, -0.2) is 0 Å². The fourth-order valence-corrected chi connectivity index (χ4v) is 3.53. The molecule has 34 heavy (non-hydrogen) atoms. The number of anilines is 2. The molecule has 0 saturated heterocycles. The van der Waals surface area contributed by atoms with Crippen molar-refractivity contribution in [1.82, 2.24) is 0 Å². The van der Waals surface area contributed by atoms with Crippen molar-refractivity contribution in [3.63, 3.8) is 0 Å². The molecule has 2 N–H and O–H groups in total. The minimum Gasteiger partial charge on any atom is -0.457 e. The highest BCUT2D eigenvalue weighted by molar-refractivity contribution is 6.31. The Bertz CT molecular complexity index is 1370. The van der Waals surface area contributed by atoms with Gasteiger partial charge in [-0.3, -0.25) is 9.59 Å². The molecule has 1 heterocycles. The Morgan fingerprint density at radius 3 is 2.29 bits per heavy atom. The third-order valence-electron chi connectivity index (χ3n) is 4.98. The number of halogens is 2. The van der Waals surface area contributed by atoms with Crippen LogP contribution >= 0.6 is 23.2 Å². The van der Waals surface area contributed by atoms with Crippen molar-refractivity contribution in [2.45, 2.75) is 6.92 Å². The Kier molecular flexibility index (Phi) is 7.16. The Morgan fingerprint density at radius 1 is 0.853 bits per heavy atom. The van der Waals surface area contributed by atoms with Crippen LogP contribution in [0.3, 0.4) is 0 Å². The van der Waals surface area contributed by atoms with E-state index in [1.807, 2.05) is 31.2 Å². The number of amides is 2. The number of aryl methyl sites for hydroxylation is 1. The largest absolute Gasteiger partial charge is 0.457 e. The second kappa shape index (κ2) is 10.4. The first kappa shape index (κ1) is 23.4. The Hall–Kier alpha value is -3.80. The van der Waals surface area contributed by atoms with Crippen LogP contribution in [0.15, 0.2) is 89.4 Å². The van der Waals surface area contributed by atoms with Crippen LogP contribution in [0.2, 0.25) is 10.0 Å². The van der Waals surface area contributed by atoms with E-state index in [4.69, 9.17) is 27.6 Å². The first-order valence-corrected chi connectivity index (χ1v) is 11.2. The molecule has 170 valence electrons. The van der Waals surface area contributed by atoms with Crippen LogP contribution in [0.1, 0.15) is 21.7 Å². The van der Waals surface area contributed by atoms with E-state index < -0.39 is 0 Å². The quantitative estimate of drug-likeness (QED) is 0.275. The maximum Gasteiger partial charge on any atom is 0.255 e. The molecule has 0 aliphatic carbocycles. The minimum absolute atomic E-state index is 0.270. The molecule has 4 aromatic rings. The van der Waals surface area contributed by atoms with Gasteiger partial charge >= 0.3 is 0 Å². The first-order valence-electron chi connectivity index (χ1n) is 10.4. The number of nitrogens with one attached hydrogen (secondary N) is 2. The van der Waals surface area contributed by atoms with Gasteiger partial charge in [0.05, 0.1) is 0 Å². The average molecular weight is 491 g/mol. The number of carbonyl (C=O) groups excluding carboxylic acids is 2. The minimum atomic E-state index is -0.313. The van der Waals surface area contributed by atoms with Crippen molar-refractivity contribution in [3.8, 4) is 11.3 Å². The van der Waals surface area contributed by atoms with Gasteiger partial charge < -0.3 is 15.1 Å². The summed E-state index contributed by atoms with van der Waals surface area (Å²) < 4.78 is 5.79. The van der Waals surface area contributed by atoms with Gasteiger partial charge in [-0.2, -0.15) is 0 Å². The van der Waals surface area contributed by atoms with Crippen LogP contribution in [-0.2, 0) is 4.79 Å². The smallest absolute Gasteiger partial charge is 0.255 e. The Labute approximate surface area is 207 Å². The van der Waals surface area contributed by atoms with E-state index in [0.29, 0.717) is 38.5 Å². The van der Waals surface area contributed by atoms with Crippen LogP contribution in [0, 0.1) is 6.92 Å². The van der Waals surface area contributed by atoms with Crippen LogP contribution in [0.5, 0.6) is 0 Å². The molecule has 5 nitrogen and oxygen atoms in total. The van der Waals surface area contributed by atoms with Crippen molar-refractivity contribution in [1.29, 1.82) is 0 Å². The summed E-state index contributed by atoms with van der Waals surface area (Å²) in [6.45, 7) is 1.94. The third kappa shape index (κ3) is 5.95. The predicted molar refractivity (Wildman–Crippen MR) is 137 cm³/mol. The number of furan rings is 1. The molecule has 0 bridgehead atoms. The first-order chi connectivity index (χ1) is 16.4. The summed E-state index contributed by atoms with van der Waals surface area (Å²) >= 11 is 12.1. The summed E-state index contributed by atoms with van der Waals surface area (Å²) in [5.74, 6) is 0.623. The lowest BCUT2D eigenvalue weighted by atomic mass is 10.1. The Balaban J connectivity index is 1.34. The van der Waals surface area contributed by atoms with E-state index in [9.17, 15) is 9.59 Å². The van der Waals surface area contributed by atoms with Gasteiger partial charge in [-0.05, 0) is 79.2 Å². The summed E-state index contributed by atoms with van der Waals surface area (Å²) in [5.41, 5.74) is 3.50. The van der Waals surface area contributed by atoms with Gasteiger partial charge in [-0.15, -0.1) is 0 Å². The summed E-state index contributed by atoms with van der Waals surface area (Å²) in [6, 6.07) is 22.8. The molecule has 4 rings (SSSR count). The maximum atomic E-state index is 12.3. The monoisotopic (exact) mass is 490 g/mol. The maximum absolute atomic E-state index is 12.3. The summed E-state index contributed by atoms with van der Waals surface area (Å²) in [6.07, 6.45) is 2.98. The lowest BCUT2D eigenvalue weighted by Crippen LogP contribution is -2.12. The standard InChI is InChI=1S/C27H20Cl2N2O3/c1-17-5-6-18(16-24(17)29)25-13-11-23(34-25)12-14-26(32)30-21-7-9-22(10-8-21)31-27(33)19-3-2-4-20(28)15-19/h2-16H,1H3,(H,30,32)(H,31,33)/b14-12+. The molecular weight excluding hydrogens is 471 g/mol. The lowest BCUT2D eigenvalue weighted by Gasteiger charge is -2.07. The zero-order chi connectivity index (χ0) is 24.1. The number of hydrogen-bond donors (Lipinski definition) is 2. The molecule has 0 fully saturated rings. The molecule has 0 saturated carbocycles. The number of rotatable bonds is 6. The molecule has 0 aliphatic rings. The van der Waals surface area contributed by atoms with E-state index >= 15 is 0 Å². The van der Waals surface area contributed by atoms with Crippen molar-refractivity contribution < 1.29 is 14.0 Å². The molecule has 1 aromatic heterocycles. The number of carbonyl (C=O) groups is 2. The predicted octanol–water partition coefficient (Wildman–Crippen LogP) is 7.47. The average Bonchev–Trinajstić information content (AvgIpc) is 3.30. The SMILES string of the molecule is Cc1ccc(-c2ccc(/C=C/C(=O)Nc3ccc(NC(=O)c4cccc(Cl)c4)cc3)o2)cc1Cl. The van der Waals surface area contributed by atoms with E-state index in [0.717, 1.165) is 11.1 Å². The molecule has 0 aliphatic heterocycles. The summed E-state index contributed by atoms with van der Waals surface area (Å²) in [4.78, 5) is 24.6. The second-order valence-corrected chi connectivity index (χ2v) is 8.37. The lowest BCUT2D eigenvalue weighted by molar-refractivity contribution is -0.111. The van der Waals surface area contributed by atoms with E-state index in [1.165, 1.54) is 6.08 Å². The van der Waals surface area contributed by atoms with Crippen LogP contribution in [-0.4, -0.2) is 11.8 Å². The highest BCUT2D eigenvalue weighted by atomic mass is 35.5. The van der Waals surface area contributed by atoms with Gasteiger partial charge in [0.25, 0.3) is 5.91 Å². The van der Waals surface area contributed by atoms with Gasteiger partial charge in [0.15, 0.2) is 0 Å². The van der Waals surface area contributed by atoms with Gasteiger partial charge in [0, 0.05) is 38.6 Å². The van der Waals surface area contributed by atoms with Crippen molar-refractivity contribution >= 4 is 52.5 Å². The normalized spacial score (nSPS) is 10.9. The number of benzene rings is 3. The molecule has 0 radical (unpaired) electrons. The fraction of sp³-hybridized carbons (Fsp3) is 0.0370. The van der Waals surface area contributed by atoms with E-state index in [2.05, 4.69) is 10.6 Å². The van der Waals surface area contributed by atoms with Crippen molar-refractivity contribution in [3.05, 3.63) is 112 Å². The molecular formula is C27H20Cl2N2O3. The highest BCUT2D eigenvalue weighted by Gasteiger charge is 2.08. The summed E-state index contributed by atoms with van der Waals surface area (Å²) in [5, 5.41) is 6.72. The molecule has 3 aromatic carbocycles. The molecule has 0 unspecified atom stereocenters. The van der Waals surface area contributed by atoms with Crippen molar-refractivity contribution in [2.75, 3.05) is 10.6 Å². The van der Waals surface area contributed by atoms with E-state index in [1.54, 1.807) is 60.7 Å². The number of hydrogen-bond acceptors (Lipinski definition) is 3. The molecule has 2 amide bonds. The van der Waals surface area contributed by atoms with E-state index in [-0.39, 0.29) is 11.8 Å².